The van der Waals surface area contributed by atoms with Crippen molar-refractivity contribution in [2.24, 2.45) is 0 Å². The Balaban J connectivity index is 1.27. The highest BCUT2D eigenvalue weighted by molar-refractivity contribution is 8.00. The number of thioether (sulfide) groups is 1. The zero-order valence-electron chi connectivity index (χ0n) is 24.2. The second-order valence-corrected chi connectivity index (χ2v) is 12.3. The molecule has 0 aliphatic heterocycles. The quantitative estimate of drug-likeness (QED) is 0.115. The number of hydrogen-bond acceptors (Lipinski definition) is 7. The summed E-state index contributed by atoms with van der Waals surface area (Å²) in [6.45, 7) is 3.38. The SMILES string of the molecule is COC(=O)c1c(NC(=O)C(C)Sc2cccc(NC(=O)c3ccc4ccccc4c3)c2)sc(C(=O)Nc2ccccc2)c1C. The molecule has 0 fully saturated rings. The summed E-state index contributed by atoms with van der Waals surface area (Å²) in [5.74, 6) is -1.64. The Hall–Kier alpha value is -4.93. The minimum absolute atomic E-state index is 0.139. The first-order valence-electron chi connectivity index (χ1n) is 13.7. The minimum atomic E-state index is -0.650. The molecule has 5 aromatic rings. The van der Waals surface area contributed by atoms with E-state index in [4.69, 9.17) is 4.74 Å². The van der Waals surface area contributed by atoms with E-state index in [0.29, 0.717) is 27.4 Å². The molecular formula is C34H29N3O5S2. The van der Waals surface area contributed by atoms with E-state index in [9.17, 15) is 19.2 Å². The van der Waals surface area contributed by atoms with Gasteiger partial charge >= 0.3 is 5.97 Å². The highest BCUT2D eigenvalue weighted by Gasteiger charge is 2.27. The molecule has 1 atom stereocenters. The van der Waals surface area contributed by atoms with Gasteiger partial charge in [-0.2, -0.15) is 0 Å². The number of amides is 3. The van der Waals surface area contributed by atoms with Crippen molar-refractivity contribution in [2.75, 3.05) is 23.1 Å². The standard InChI is InChI=1S/C34H29N3O5S2/c1-20-28(34(41)42-3)33(44-29(20)32(40)35-25-12-5-4-6-13-25)37-30(38)21(2)43-27-15-9-14-26(19-27)36-31(39)24-17-16-22-10-7-8-11-23(22)18-24/h4-19,21H,1-3H3,(H,35,40)(H,36,39)(H,37,38). The van der Waals surface area contributed by atoms with Crippen LogP contribution in [0.4, 0.5) is 16.4 Å². The summed E-state index contributed by atoms with van der Waals surface area (Å²) < 4.78 is 4.95. The summed E-state index contributed by atoms with van der Waals surface area (Å²) in [7, 11) is 1.25. The third-order valence-corrected chi connectivity index (χ3v) is 9.10. The molecule has 1 aromatic heterocycles. The molecule has 1 unspecified atom stereocenters. The average molecular weight is 624 g/mol. The third kappa shape index (κ3) is 6.99. The number of methoxy groups -OCH3 is 1. The van der Waals surface area contributed by atoms with Gasteiger partial charge in [-0.15, -0.1) is 23.1 Å². The van der Waals surface area contributed by atoms with Crippen LogP contribution in [0.1, 0.15) is 42.9 Å². The highest BCUT2D eigenvalue weighted by Crippen LogP contribution is 2.35. The van der Waals surface area contributed by atoms with Crippen LogP contribution < -0.4 is 16.0 Å². The van der Waals surface area contributed by atoms with Crippen LogP contribution in [0.5, 0.6) is 0 Å². The molecule has 5 rings (SSSR count). The Morgan fingerprint density at radius 1 is 0.750 bits per heavy atom. The Kier molecular flexibility index (Phi) is 9.42. The van der Waals surface area contributed by atoms with Gasteiger partial charge in [0.25, 0.3) is 11.8 Å². The Labute approximate surface area is 262 Å². The molecule has 0 radical (unpaired) electrons. The number of para-hydroxylation sites is 1. The zero-order valence-corrected chi connectivity index (χ0v) is 25.8. The van der Waals surface area contributed by atoms with Crippen LogP contribution in [0, 0.1) is 6.92 Å². The predicted octanol–water partition coefficient (Wildman–Crippen LogP) is 7.62. The number of thiophene rings is 1. The number of esters is 1. The van der Waals surface area contributed by atoms with Gasteiger partial charge in [0, 0.05) is 21.8 Å². The lowest BCUT2D eigenvalue weighted by Gasteiger charge is -2.13. The van der Waals surface area contributed by atoms with E-state index in [0.717, 1.165) is 27.0 Å². The van der Waals surface area contributed by atoms with Crippen molar-refractivity contribution in [2.45, 2.75) is 24.0 Å². The van der Waals surface area contributed by atoms with Gasteiger partial charge in [-0.1, -0.05) is 54.6 Å². The van der Waals surface area contributed by atoms with Crippen molar-refractivity contribution >= 4 is 73.9 Å². The van der Waals surface area contributed by atoms with E-state index >= 15 is 0 Å². The van der Waals surface area contributed by atoms with Crippen LogP contribution in [0.25, 0.3) is 10.8 Å². The van der Waals surface area contributed by atoms with E-state index in [-0.39, 0.29) is 22.4 Å². The van der Waals surface area contributed by atoms with E-state index in [2.05, 4.69) is 16.0 Å². The summed E-state index contributed by atoms with van der Waals surface area (Å²) in [5.41, 5.74) is 2.30. The lowest BCUT2D eigenvalue weighted by molar-refractivity contribution is -0.115. The summed E-state index contributed by atoms with van der Waals surface area (Å²) in [6.07, 6.45) is 0. The summed E-state index contributed by atoms with van der Waals surface area (Å²) >= 11 is 2.31. The number of rotatable bonds is 9. The lowest BCUT2D eigenvalue weighted by Crippen LogP contribution is -2.23. The molecule has 3 N–H and O–H groups in total. The van der Waals surface area contributed by atoms with E-state index in [1.165, 1.54) is 18.9 Å². The highest BCUT2D eigenvalue weighted by atomic mass is 32.2. The Morgan fingerprint density at radius 2 is 1.43 bits per heavy atom. The van der Waals surface area contributed by atoms with Crippen LogP contribution in [0.15, 0.2) is 102 Å². The van der Waals surface area contributed by atoms with Crippen molar-refractivity contribution in [3.63, 3.8) is 0 Å². The number of ether oxygens (including phenoxy) is 1. The van der Waals surface area contributed by atoms with Crippen molar-refractivity contribution < 1.29 is 23.9 Å². The van der Waals surface area contributed by atoms with Crippen LogP contribution in [-0.2, 0) is 9.53 Å². The fourth-order valence-corrected chi connectivity index (χ4v) is 6.55. The largest absolute Gasteiger partial charge is 0.465 e. The number of nitrogens with one attached hydrogen (secondary N) is 3. The van der Waals surface area contributed by atoms with Crippen LogP contribution in [-0.4, -0.2) is 36.1 Å². The molecule has 0 aliphatic carbocycles. The molecule has 0 saturated heterocycles. The molecule has 10 heteroatoms. The van der Waals surface area contributed by atoms with Gasteiger partial charge in [0.2, 0.25) is 5.91 Å². The van der Waals surface area contributed by atoms with Gasteiger partial charge in [-0.3, -0.25) is 14.4 Å². The molecule has 0 saturated carbocycles. The second kappa shape index (κ2) is 13.6. The van der Waals surface area contributed by atoms with Gasteiger partial charge in [0.1, 0.15) is 5.00 Å². The lowest BCUT2D eigenvalue weighted by atomic mass is 10.1. The number of hydrogen-bond donors (Lipinski definition) is 3. The number of anilines is 3. The third-order valence-electron chi connectivity index (χ3n) is 6.80. The number of carbonyl (C=O) groups is 4. The summed E-state index contributed by atoms with van der Waals surface area (Å²) in [4.78, 5) is 52.9. The Morgan fingerprint density at radius 3 is 2.18 bits per heavy atom. The molecular weight excluding hydrogens is 595 g/mol. The van der Waals surface area contributed by atoms with Crippen molar-refractivity contribution in [1.29, 1.82) is 0 Å². The predicted molar refractivity (Wildman–Crippen MR) is 177 cm³/mol. The number of benzene rings is 4. The molecule has 3 amide bonds. The first-order valence-corrected chi connectivity index (χ1v) is 15.4. The summed E-state index contributed by atoms with van der Waals surface area (Å²) in [5, 5.41) is 10.3. The van der Waals surface area contributed by atoms with Gasteiger partial charge in [-0.25, -0.2) is 4.79 Å². The zero-order chi connectivity index (χ0) is 31.2. The molecule has 8 nitrogen and oxygen atoms in total. The fraction of sp³-hybridized carbons (Fsp3) is 0.118. The van der Waals surface area contributed by atoms with Crippen LogP contribution in [0.2, 0.25) is 0 Å². The second-order valence-electron chi connectivity index (χ2n) is 9.87. The molecule has 0 spiro atoms. The number of carbonyl (C=O) groups excluding carboxylic acids is 4. The van der Waals surface area contributed by atoms with Gasteiger partial charge in [-0.05, 0) is 72.6 Å². The fourth-order valence-electron chi connectivity index (χ4n) is 4.53. The molecule has 0 bridgehead atoms. The normalized spacial score (nSPS) is 11.4. The number of fused-ring (bicyclic) bond motifs is 1. The molecule has 1 heterocycles. The molecule has 0 aliphatic rings. The average Bonchev–Trinajstić information content (AvgIpc) is 3.36. The minimum Gasteiger partial charge on any atom is -0.465 e. The monoisotopic (exact) mass is 623 g/mol. The smallest absolute Gasteiger partial charge is 0.341 e. The van der Waals surface area contributed by atoms with E-state index in [1.807, 2.05) is 48.5 Å². The topological polar surface area (TPSA) is 114 Å². The van der Waals surface area contributed by atoms with Gasteiger partial charge < -0.3 is 20.7 Å². The molecule has 44 heavy (non-hydrogen) atoms. The molecule has 222 valence electrons. The first-order chi connectivity index (χ1) is 21.2. The van der Waals surface area contributed by atoms with Crippen molar-refractivity contribution in [3.8, 4) is 0 Å². The van der Waals surface area contributed by atoms with Crippen molar-refractivity contribution in [1.82, 2.24) is 0 Å². The Bertz CT molecular complexity index is 1870. The molecule has 4 aromatic carbocycles. The van der Waals surface area contributed by atoms with Crippen molar-refractivity contribution in [3.05, 3.63) is 119 Å². The van der Waals surface area contributed by atoms with Gasteiger partial charge in [0.15, 0.2) is 0 Å². The maximum Gasteiger partial charge on any atom is 0.341 e. The van der Waals surface area contributed by atoms with Crippen LogP contribution in [0.3, 0.4) is 0 Å². The van der Waals surface area contributed by atoms with Gasteiger partial charge in [0.05, 0.1) is 22.8 Å². The maximum atomic E-state index is 13.3. The van der Waals surface area contributed by atoms with E-state index in [1.54, 1.807) is 62.4 Å². The summed E-state index contributed by atoms with van der Waals surface area (Å²) in [6, 6.07) is 29.6. The van der Waals surface area contributed by atoms with E-state index < -0.39 is 17.1 Å². The first kappa shape index (κ1) is 30.5. The maximum absolute atomic E-state index is 13.3. The van der Waals surface area contributed by atoms with Crippen LogP contribution >= 0.6 is 23.1 Å².